The fourth-order valence-electron chi connectivity index (χ4n) is 3.91. The first-order valence-electron chi connectivity index (χ1n) is 15.7. The largest absolute Gasteiger partial charge is 0.508 e. The predicted molar refractivity (Wildman–Crippen MR) is 181 cm³/mol. The van der Waals surface area contributed by atoms with Gasteiger partial charge in [0.15, 0.2) is 16.6 Å². The van der Waals surface area contributed by atoms with E-state index in [0.717, 1.165) is 11.1 Å². The van der Waals surface area contributed by atoms with Crippen molar-refractivity contribution in [2.45, 2.75) is 132 Å². The SMILES string of the molecule is CCOC(=O)OC/C=C(\C)[C@@H](O[Si](C)(C)C(C)(C)C)[C@@H](C)C(=O)[C@@H](C)[C@@H](O[Si](C)(C)C(C)(C)C)/C(C)=C/COC(=O)OCC. The maximum Gasteiger partial charge on any atom is 0.508 e. The topological polar surface area (TPSA) is 107 Å². The highest BCUT2D eigenvalue weighted by atomic mass is 28.4. The molecule has 0 N–H and O–H groups in total. The summed E-state index contributed by atoms with van der Waals surface area (Å²) in [5.41, 5.74) is 1.62. The molecule has 44 heavy (non-hydrogen) atoms. The Morgan fingerprint density at radius 1 is 0.614 bits per heavy atom. The van der Waals surface area contributed by atoms with Gasteiger partial charge in [0.2, 0.25) is 0 Å². The third-order valence-electron chi connectivity index (χ3n) is 8.90. The molecule has 0 aromatic heterocycles. The molecule has 0 aliphatic heterocycles. The van der Waals surface area contributed by atoms with Crippen LogP contribution < -0.4 is 0 Å². The van der Waals surface area contributed by atoms with Gasteiger partial charge in [0, 0.05) is 11.8 Å². The quantitative estimate of drug-likeness (QED) is 0.0913. The second-order valence-corrected chi connectivity index (χ2v) is 24.0. The Labute approximate surface area is 269 Å². The lowest BCUT2D eigenvalue weighted by molar-refractivity contribution is -0.130. The average Bonchev–Trinajstić information content (AvgIpc) is 2.88. The maximum absolute atomic E-state index is 14.3. The van der Waals surface area contributed by atoms with Crippen LogP contribution in [0.25, 0.3) is 0 Å². The van der Waals surface area contributed by atoms with Gasteiger partial charge in [-0.2, -0.15) is 0 Å². The molecule has 0 spiro atoms. The van der Waals surface area contributed by atoms with E-state index in [4.69, 9.17) is 27.8 Å². The second kappa shape index (κ2) is 17.7. The normalized spacial score (nSPS) is 16.5. The fraction of sp³-hybridized carbons (Fsp3) is 0.788. The van der Waals surface area contributed by atoms with Crippen LogP contribution in [0.15, 0.2) is 23.3 Å². The van der Waals surface area contributed by atoms with Gasteiger partial charge in [-0.05, 0) is 87.3 Å². The van der Waals surface area contributed by atoms with E-state index in [2.05, 4.69) is 67.7 Å². The fourth-order valence-corrected chi connectivity index (χ4v) is 6.67. The van der Waals surface area contributed by atoms with Crippen LogP contribution >= 0.6 is 0 Å². The van der Waals surface area contributed by atoms with E-state index in [1.165, 1.54) is 0 Å². The first-order chi connectivity index (χ1) is 19.9. The van der Waals surface area contributed by atoms with E-state index in [1.807, 2.05) is 27.7 Å². The van der Waals surface area contributed by atoms with Crippen molar-refractivity contribution in [3.05, 3.63) is 23.3 Å². The van der Waals surface area contributed by atoms with Crippen LogP contribution in [0.3, 0.4) is 0 Å². The molecular weight excluding hydrogens is 597 g/mol. The lowest BCUT2D eigenvalue weighted by atomic mass is 9.84. The third kappa shape index (κ3) is 13.2. The van der Waals surface area contributed by atoms with Gasteiger partial charge in [-0.25, -0.2) is 9.59 Å². The predicted octanol–water partition coefficient (Wildman–Crippen LogP) is 8.85. The summed E-state index contributed by atoms with van der Waals surface area (Å²) < 4.78 is 33.8. The first kappa shape index (κ1) is 42.0. The van der Waals surface area contributed by atoms with Crippen molar-refractivity contribution in [3.63, 3.8) is 0 Å². The number of Topliss-reactive ketones (excluding diaryl/α,β-unsaturated/α-hetero) is 1. The molecule has 11 heteroatoms. The molecule has 0 aromatic rings. The van der Waals surface area contributed by atoms with Crippen molar-refractivity contribution in [2.24, 2.45) is 11.8 Å². The molecule has 0 aromatic carbocycles. The van der Waals surface area contributed by atoms with Crippen molar-refractivity contribution in [1.29, 1.82) is 0 Å². The molecule has 0 unspecified atom stereocenters. The number of ether oxygens (including phenoxy) is 4. The Bertz CT molecular complexity index is 926. The van der Waals surface area contributed by atoms with Gasteiger partial charge in [0.25, 0.3) is 0 Å². The van der Waals surface area contributed by atoms with Crippen molar-refractivity contribution in [2.75, 3.05) is 26.4 Å². The highest BCUT2D eigenvalue weighted by Crippen LogP contribution is 2.41. The summed E-state index contributed by atoms with van der Waals surface area (Å²) in [4.78, 5) is 37.8. The summed E-state index contributed by atoms with van der Waals surface area (Å²) in [6.07, 6.45) is 1.03. The zero-order valence-corrected chi connectivity index (χ0v) is 32.5. The summed E-state index contributed by atoms with van der Waals surface area (Å²) in [6, 6.07) is 0. The van der Waals surface area contributed by atoms with E-state index in [0.29, 0.717) is 0 Å². The number of carbonyl (C=O) groups is 3. The molecule has 0 amide bonds. The van der Waals surface area contributed by atoms with Crippen molar-refractivity contribution < 1.29 is 42.2 Å². The van der Waals surface area contributed by atoms with E-state index in [-0.39, 0.29) is 42.3 Å². The molecule has 0 radical (unpaired) electrons. The van der Waals surface area contributed by atoms with E-state index < -0.39 is 53.0 Å². The van der Waals surface area contributed by atoms with Crippen LogP contribution in [0, 0.1) is 11.8 Å². The Kier molecular flexibility index (Phi) is 16.9. The van der Waals surface area contributed by atoms with Gasteiger partial charge in [0.05, 0.1) is 25.4 Å². The van der Waals surface area contributed by atoms with Gasteiger partial charge in [0.1, 0.15) is 19.0 Å². The van der Waals surface area contributed by atoms with Crippen LogP contribution in [-0.2, 0) is 32.6 Å². The third-order valence-corrected chi connectivity index (χ3v) is 17.8. The Hall–Kier alpha value is -1.96. The molecule has 256 valence electrons. The molecular formula is C33H62O9Si2. The summed E-state index contributed by atoms with van der Waals surface area (Å²) >= 11 is 0. The smallest absolute Gasteiger partial charge is 0.435 e. The van der Waals surface area contributed by atoms with Crippen LogP contribution in [0.4, 0.5) is 9.59 Å². The number of hydrogen-bond donors (Lipinski definition) is 0. The number of carbonyl (C=O) groups excluding carboxylic acids is 3. The molecule has 0 bridgehead atoms. The highest BCUT2D eigenvalue weighted by Gasteiger charge is 2.45. The standard InChI is InChI=1S/C33H62O9Si2/c1-17-37-30(35)39-21-19-23(3)28(41-43(13,14)32(7,8)9)25(5)27(34)26(6)29(42-44(15,16)33(10,11)12)24(4)20-22-40-31(36)38-18-2/h19-20,25-26,28-29H,17-18,21-22H2,1-16H3/b23-19+,24-20+/t25-,26+,28+,29-. The monoisotopic (exact) mass is 658 g/mol. The minimum Gasteiger partial charge on any atom is -0.435 e. The minimum absolute atomic E-state index is 0.00413. The first-order valence-corrected chi connectivity index (χ1v) is 21.6. The number of hydrogen-bond acceptors (Lipinski definition) is 9. The summed E-state index contributed by atoms with van der Waals surface area (Å²) in [6.45, 7) is 33.1. The Balaban J connectivity index is 6.52. The number of rotatable bonds is 16. The van der Waals surface area contributed by atoms with Crippen LogP contribution in [0.1, 0.15) is 83.1 Å². The molecule has 0 aliphatic carbocycles. The molecule has 4 atom stereocenters. The zero-order valence-electron chi connectivity index (χ0n) is 30.5. The van der Waals surface area contributed by atoms with E-state index in [9.17, 15) is 14.4 Å². The van der Waals surface area contributed by atoms with Crippen molar-refractivity contribution >= 4 is 34.7 Å². The Morgan fingerprint density at radius 3 is 1.16 bits per heavy atom. The summed E-state index contributed by atoms with van der Waals surface area (Å²) in [5, 5.41) is -0.179. The highest BCUT2D eigenvalue weighted by molar-refractivity contribution is 6.74. The van der Waals surface area contributed by atoms with Crippen LogP contribution in [0.5, 0.6) is 0 Å². The molecule has 0 fully saturated rings. The Morgan fingerprint density at radius 2 is 0.909 bits per heavy atom. The zero-order chi connectivity index (χ0) is 34.7. The lowest BCUT2D eigenvalue weighted by Gasteiger charge is -2.43. The molecule has 0 saturated heterocycles. The lowest BCUT2D eigenvalue weighted by Crippen LogP contribution is -2.50. The summed E-state index contributed by atoms with van der Waals surface area (Å²) in [5.74, 6) is -1.05. The van der Waals surface area contributed by atoms with Gasteiger partial charge >= 0.3 is 12.3 Å². The van der Waals surface area contributed by atoms with Crippen molar-refractivity contribution in [3.8, 4) is 0 Å². The average molecular weight is 659 g/mol. The molecule has 0 aliphatic rings. The minimum atomic E-state index is -2.32. The number of ketones is 1. The van der Waals surface area contributed by atoms with Crippen LogP contribution in [0.2, 0.25) is 36.3 Å². The van der Waals surface area contributed by atoms with Gasteiger partial charge < -0.3 is 27.8 Å². The molecule has 9 nitrogen and oxygen atoms in total. The molecule has 0 heterocycles. The van der Waals surface area contributed by atoms with Gasteiger partial charge in [-0.3, -0.25) is 4.79 Å². The van der Waals surface area contributed by atoms with Gasteiger partial charge in [-0.1, -0.05) is 55.4 Å². The van der Waals surface area contributed by atoms with E-state index in [1.54, 1.807) is 26.0 Å². The molecule has 0 rings (SSSR count). The van der Waals surface area contributed by atoms with Gasteiger partial charge in [-0.15, -0.1) is 0 Å². The van der Waals surface area contributed by atoms with Crippen molar-refractivity contribution in [1.82, 2.24) is 0 Å². The van der Waals surface area contributed by atoms with E-state index >= 15 is 0 Å². The summed E-state index contributed by atoms with van der Waals surface area (Å²) in [7, 11) is -4.63. The van der Waals surface area contributed by atoms with Crippen LogP contribution in [-0.4, -0.2) is 73.4 Å². The molecule has 0 saturated carbocycles. The maximum atomic E-state index is 14.3. The second-order valence-electron chi connectivity index (χ2n) is 14.5.